The summed E-state index contributed by atoms with van der Waals surface area (Å²) in [6, 6.07) is 21.3. The molecule has 5 rings (SSSR count). The van der Waals surface area contributed by atoms with Crippen LogP contribution in [0.25, 0.3) is 0 Å². The van der Waals surface area contributed by atoms with Crippen molar-refractivity contribution in [2.45, 2.75) is 11.4 Å². The van der Waals surface area contributed by atoms with Crippen LogP contribution in [-0.2, 0) is 21.4 Å². The zero-order valence-corrected chi connectivity index (χ0v) is 17.7. The summed E-state index contributed by atoms with van der Waals surface area (Å²) in [5.74, 6) is 0.798. The first-order chi connectivity index (χ1) is 15.5. The van der Waals surface area contributed by atoms with Gasteiger partial charge in [-0.15, -0.1) is 0 Å². The van der Waals surface area contributed by atoms with Gasteiger partial charge < -0.3 is 14.8 Å². The van der Waals surface area contributed by atoms with Gasteiger partial charge in [-0.1, -0.05) is 54.6 Å². The number of hydrogen-bond acceptors (Lipinski definition) is 6. The smallest absolute Gasteiger partial charge is 0.280 e. The molecule has 0 bridgehead atoms. The third-order valence-corrected chi connectivity index (χ3v) is 6.84. The molecule has 2 aliphatic rings. The second-order valence-corrected chi connectivity index (χ2v) is 9.07. The second kappa shape index (κ2) is 8.01. The van der Waals surface area contributed by atoms with Crippen LogP contribution in [-0.4, -0.2) is 37.8 Å². The van der Waals surface area contributed by atoms with Gasteiger partial charge in [0.2, 0.25) is 12.7 Å². The predicted molar refractivity (Wildman–Crippen MR) is 117 cm³/mol. The molecule has 3 aromatic carbocycles. The van der Waals surface area contributed by atoms with E-state index in [9.17, 15) is 13.2 Å². The summed E-state index contributed by atoms with van der Waals surface area (Å²) >= 11 is 0. The maximum absolute atomic E-state index is 13.1. The Morgan fingerprint density at radius 2 is 1.72 bits per heavy atom. The van der Waals surface area contributed by atoms with Crippen LogP contribution in [0.5, 0.6) is 11.5 Å². The highest BCUT2D eigenvalue weighted by Gasteiger charge is 2.34. The summed E-state index contributed by atoms with van der Waals surface area (Å²) in [6.07, 6.45) is 0. The van der Waals surface area contributed by atoms with Crippen molar-refractivity contribution in [2.24, 2.45) is 5.10 Å². The third-order valence-electron chi connectivity index (χ3n) is 5.16. The minimum Gasteiger partial charge on any atom is -0.454 e. The summed E-state index contributed by atoms with van der Waals surface area (Å²) in [5, 5.41) is 7.10. The van der Waals surface area contributed by atoms with Gasteiger partial charge in [0, 0.05) is 17.7 Å². The number of nitrogens with zero attached hydrogens (tertiary/aromatic N) is 2. The molecule has 0 saturated heterocycles. The average Bonchev–Trinajstić information content (AvgIpc) is 3.28. The summed E-state index contributed by atoms with van der Waals surface area (Å²) in [4.78, 5) is 12.7. The quantitative estimate of drug-likeness (QED) is 0.646. The molecule has 0 aliphatic carbocycles. The van der Waals surface area contributed by atoms with E-state index in [0.29, 0.717) is 22.8 Å². The molecule has 3 aromatic rings. The normalized spacial score (nSPS) is 15.6. The zero-order valence-electron chi connectivity index (χ0n) is 16.9. The van der Waals surface area contributed by atoms with Crippen LogP contribution in [0.2, 0.25) is 0 Å². The lowest BCUT2D eigenvalue weighted by atomic mass is 10.0. The Morgan fingerprint density at radius 1 is 0.969 bits per heavy atom. The van der Waals surface area contributed by atoms with Crippen molar-refractivity contribution in [3.8, 4) is 11.5 Å². The lowest BCUT2D eigenvalue weighted by Gasteiger charge is -2.26. The first-order valence-corrected chi connectivity index (χ1v) is 11.4. The topological polar surface area (TPSA) is 97.3 Å². The van der Waals surface area contributed by atoms with E-state index in [0.717, 1.165) is 15.5 Å². The number of hydrogen-bond donors (Lipinski definition) is 1. The average molecular weight is 449 g/mol. The van der Waals surface area contributed by atoms with Crippen LogP contribution < -0.4 is 14.8 Å². The molecule has 0 radical (unpaired) electrons. The number of amides is 1. The molecule has 0 saturated carbocycles. The van der Waals surface area contributed by atoms with Crippen LogP contribution in [0.3, 0.4) is 0 Å². The Hall–Kier alpha value is -3.85. The van der Waals surface area contributed by atoms with E-state index >= 15 is 0 Å². The Kier molecular flexibility index (Phi) is 5.02. The minimum absolute atomic E-state index is 0.123. The first-order valence-electron chi connectivity index (χ1n) is 9.94. The molecule has 0 aromatic heterocycles. The molecular formula is C23H19N3O5S. The van der Waals surface area contributed by atoms with E-state index in [2.05, 4.69) is 10.4 Å². The van der Waals surface area contributed by atoms with Crippen molar-refractivity contribution in [3.05, 3.63) is 89.5 Å². The number of hydrazone groups is 1. The largest absolute Gasteiger partial charge is 0.454 e. The van der Waals surface area contributed by atoms with E-state index in [1.165, 1.54) is 6.07 Å². The molecule has 1 N–H and O–H groups in total. The molecule has 2 aliphatic heterocycles. The molecule has 0 fully saturated rings. The Labute approximate surface area is 185 Å². The van der Waals surface area contributed by atoms with Gasteiger partial charge in [0.15, 0.2) is 11.5 Å². The van der Waals surface area contributed by atoms with Crippen LogP contribution in [0.1, 0.15) is 16.7 Å². The van der Waals surface area contributed by atoms with Crippen molar-refractivity contribution < 1.29 is 22.7 Å². The van der Waals surface area contributed by atoms with Gasteiger partial charge in [-0.25, -0.2) is 0 Å². The molecule has 0 atom stereocenters. The Morgan fingerprint density at radius 3 is 2.56 bits per heavy atom. The number of fused-ring (bicyclic) bond motifs is 2. The van der Waals surface area contributed by atoms with Crippen molar-refractivity contribution in [2.75, 3.05) is 13.3 Å². The van der Waals surface area contributed by atoms with Crippen molar-refractivity contribution >= 4 is 21.6 Å². The molecule has 32 heavy (non-hydrogen) atoms. The van der Waals surface area contributed by atoms with E-state index in [1.807, 2.05) is 36.4 Å². The van der Waals surface area contributed by atoms with Gasteiger partial charge in [-0.3, -0.25) is 4.79 Å². The highest BCUT2D eigenvalue weighted by Crippen LogP contribution is 2.32. The summed E-state index contributed by atoms with van der Waals surface area (Å²) in [7, 11) is -3.96. The van der Waals surface area contributed by atoms with Crippen molar-refractivity contribution in [1.29, 1.82) is 0 Å². The highest BCUT2D eigenvalue weighted by atomic mass is 32.2. The van der Waals surface area contributed by atoms with E-state index in [1.54, 1.807) is 30.3 Å². The van der Waals surface area contributed by atoms with Crippen molar-refractivity contribution in [1.82, 2.24) is 9.73 Å². The number of carbonyl (C=O) groups excluding carboxylic acids is 1. The molecule has 2 heterocycles. The molecule has 9 heteroatoms. The third kappa shape index (κ3) is 3.67. The fraction of sp³-hybridized carbons (Fsp3) is 0.130. The van der Waals surface area contributed by atoms with Crippen LogP contribution in [0.4, 0.5) is 0 Å². The van der Waals surface area contributed by atoms with E-state index in [4.69, 9.17) is 9.47 Å². The second-order valence-electron chi connectivity index (χ2n) is 7.26. The predicted octanol–water partition coefficient (Wildman–Crippen LogP) is 2.49. The van der Waals surface area contributed by atoms with Gasteiger partial charge in [0.1, 0.15) is 12.3 Å². The number of carbonyl (C=O) groups is 1. The molecule has 0 spiro atoms. The lowest BCUT2D eigenvalue weighted by molar-refractivity contribution is -0.121. The fourth-order valence-electron chi connectivity index (χ4n) is 3.58. The maximum Gasteiger partial charge on any atom is 0.280 e. The van der Waals surface area contributed by atoms with Gasteiger partial charge >= 0.3 is 0 Å². The first kappa shape index (κ1) is 20.1. The Balaban J connectivity index is 1.38. The van der Waals surface area contributed by atoms with Gasteiger partial charge in [0.05, 0.1) is 4.90 Å². The summed E-state index contributed by atoms with van der Waals surface area (Å²) in [5.41, 5.74) is 2.58. The van der Waals surface area contributed by atoms with Gasteiger partial charge in [-0.05, 0) is 23.8 Å². The monoisotopic (exact) mass is 449 g/mol. The number of rotatable bonds is 5. The number of ether oxygens (including phenoxy) is 2. The summed E-state index contributed by atoms with van der Waals surface area (Å²) in [6.45, 7) is -0.0477. The molecule has 8 nitrogen and oxygen atoms in total. The van der Waals surface area contributed by atoms with Crippen LogP contribution in [0.15, 0.2) is 82.8 Å². The fourth-order valence-corrected chi connectivity index (χ4v) is 4.98. The molecule has 0 unspecified atom stereocenters. The standard InChI is InChI=1S/C23H19N3O5S/c27-22(24-13-16-10-11-19-20(12-16)31-15-30-19)14-26-25-23(17-6-2-1-3-7-17)18-8-4-5-9-21(18)32(26,28)29/h1-12H,13-15H2,(H,24,27). The molecule has 162 valence electrons. The van der Waals surface area contributed by atoms with Crippen LogP contribution >= 0.6 is 0 Å². The van der Waals surface area contributed by atoms with Crippen LogP contribution in [0, 0.1) is 0 Å². The lowest BCUT2D eigenvalue weighted by Crippen LogP contribution is -2.40. The number of nitrogens with one attached hydrogen (secondary N) is 1. The van der Waals surface area contributed by atoms with Gasteiger partial charge in [0.25, 0.3) is 10.0 Å². The number of benzene rings is 3. The molecular weight excluding hydrogens is 430 g/mol. The van der Waals surface area contributed by atoms with Gasteiger partial charge in [-0.2, -0.15) is 17.9 Å². The highest BCUT2D eigenvalue weighted by molar-refractivity contribution is 7.89. The SMILES string of the molecule is O=C(CN1N=C(c2ccccc2)c2ccccc2S1(=O)=O)NCc1ccc2c(c1)OCO2. The summed E-state index contributed by atoms with van der Waals surface area (Å²) < 4.78 is 37.7. The maximum atomic E-state index is 13.1. The zero-order chi connectivity index (χ0) is 22.1. The number of sulfonamides is 1. The Bertz CT molecular complexity index is 1320. The minimum atomic E-state index is -3.96. The van der Waals surface area contributed by atoms with Crippen molar-refractivity contribution in [3.63, 3.8) is 0 Å². The van der Waals surface area contributed by atoms with E-state index in [-0.39, 0.29) is 18.2 Å². The van der Waals surface area contributed by atoms with E-state index < -0.39 is 22.5 Å². The molecule has 1 amide bonds.